The highest BCUT2D eigenvalue weighted by molar-refractivity contribution is 5.29. The quantitative estimate of drug-likeness (QED) is 0.833. The predicted molar refractivity (Wildman–Crippen MR) is 74.1 cm³/mol. The van der Waals surface area contributed by atoms with Crippen LogP contribution in [0.1, 0.15) is 37.6 Å². The summed E-state index contributed by atoms with van der Waals surface area (Å²) >= 11 is 0. The molecule has 110 valence electrons. The second kappa shape index (κ2) is 6.22. The van der Waals surface area contributed by atoms with E-state index < -0.39 is 0 Å². The lowest BCUT2D eigenvalue weighted by molar-refractivity contribution is -0.215. The zero-order valence-electron chi connectivity index (χ0n) is 12.1. The van der Waals surface area contributed by atoms with Gasteiger partial charge in [-0.1, -0.05) is 38.1 Å². The Morgan fingerprint density at radius 1 is 0.700 bits per heavy atom. The smallest absolute Gasteiger partial charge is 0.184 e. The second-order valence-electron chi connectivity index (χ2n) is 5.84. The molecule has 2 aliphatic rings. The average molecular weight is 278 g/mol. The molecule has 0 amide bonds. The van der Waals surface area contributed by atoms with Crippen LogP contribution >= 0.6 is 0 Å². The zero-order valence-corrected chi connectivity index (χ0v) is 12.1. The summed E-state index contributed by atoms with van der Waals surface area (Å²) in [7, 11) is 0. The Labute approximate surface area is 120 Å². The van der Waals surface area contributed by atoms with Crippen molar-refractivity contribution in [3.63, 3.8) is 0 Å². The molecule has 1 aromatic carbocycles. The normalized spacial score (nSPS) is 34.9. The lowest BCUT2D eigenvalue weighted by atomic mass is 10.0. The molecule has 0 bridgehead atoms. The highest BCUT2D eigenvalue weighted by Crippen LogP contribution is 2.34. The van der Waals surface area contributed by atoms with E-state index in [2.05, 4.69) is 13.8 Å². The topological polar surface area (TPSA) is 36.9 Å². The van der Waals surface area contributed by atoms with Gasteiger partial charge in [-0.05, 0) is 0 Å². The molecular weight excluding hydrogens is 256 g/mol. The van der Waals surface area contributed by atoms with Gasteiger partial charge in [-0.2, -0.15) is 0 Å². The first-order valence-electron chi connectivity index (χ1n) is 7.29. The molecule has 2 fully saturated rings. The summed E-state index contributed by atoms with van der Waals surface area (Å²) in [5.74, 6) is 0.892. The molecule has 20 heavy (non-hydrogen) atoms. The van der Waals surface area contributed by atoms with E-state index >= 15 is 0 Å². The van der Waals surface area contributed by atoms with E-state index in [1.807, 2.05) is 24.3 Å². The van der Waals surface area contributed by atoms with Crippen LogP contribution in [-0.2, 0) is 18.9 Å². The highest BCUT2D eigenvalue weighted by atomic mass is 16.7. The minimum Gasteiger partial charge on any atom is -0.348 e. The van der Waals surface area contributed by atoms with Crippen LogP contribution in [0.4, 0.5) is 0 Å². The molecule has 1 aromatic rings. The summed E-state index contributed by atoms with van der Waals surface area (Å²) in [4.78, 5) is 0. The molecule has 3 rings (SSSR count). The first-order chi connectivity index (χ1) is 9.74. The van der Waals surface area contributed by atoms with Gasteiger partial charge in [-0.3, -0.25) is 0 Å². The van der Waals surface area contributed by atoms with Gasteiger partial charge in [-0.25, -0.2) is 0 Å². The molecule has 2 saturated heterocycles. The summed E-state index contributed by atoms with van der Waals surface area (Å²) in [6, 6.07) is 8.05. The predicted octanol–water partition coefficient (Wildman–Crippen LogP) is 3.05. The van der Waals surface area contributed by atoms with Crippen molar-refractivity contribution in [2.75, 3.05) is 26.4 Å². The molecule has 0 radical (unpaired) electrons. The lowest BCUT2D eigenvalue weighted by Gasteiger charge is -2.32. The van der Waals surface area contributed by atoms with E-state index in [1.54, 1.807) is 0 Å². The van der Waals surface area contributed by atoms with Crippen LogP contribution in [0, 0.1) is 11.8 Å². The maximum Gasteiger partial charge on any atom is 0.184 e. The number of ether oxygens (including phenoxy) is 4. The summed E-state index contributed by atoms with van der Waals surface area (Å²) in [5.41, 5.74) is 2.03. The number of hydrogen-bond donors (Lipinski definition) is 0. The van der Waals surface area contributed by atoms with E-state index in [-0.39, 0.29) is 12.6 Å². The molecule has 0 spiro atoms. The number of hydrogen-bond acceptors (Lipinski definition) is 4. The van der Waals surface area contributed by atoms with Gasteiger partial charge < -0.3 is 18.9 Å². The van der Waals surface area contributed by atoms with Crippen LogP contribution in [0.25, 0.3) is 0 Å². The third-order valence-corrected chi connectivity index (χ3v) is 3.63. The Bertz CT molecular complexity index is 391. The summed E-state index contributed by atoms with van der Waals surface area (Å²) in [6.45, 7) is 7.14. The van der Waals surface area contributed by atoms with Crippen molar-refractivity contribution in [1.82, 2.24) is 0 Å². The summed E-state index contributed by atoms with van der Waals surface area (Å²) in [6.07, 6.45) is -0.622. The minimum absolute atomic E-state index is 0.311. The van der Waals surface area contributed by atoms with Crippen LogP contribution in [0.3, 0.4) is 0 Å². The largest absolute Gasteiger partial charge is 0.348 e. The molecule has 0 unspecified atom stereocenters. The van der Waals surface area contributed by atoms with Crippen LogP contribution in [-0.4, -0.2) is 26.4 Å². The van der Waals surface area contributed by atoms with Gasteiger partial charge >= 0.3 is 0 Å². The van der Waals surface area contributed by atoms with Crippen molar-refractivity contribution >= 4 is 0 Å². The SMILES string of the molecule is CC1COC(c2ccccc2C2OCC(C)CO2)OC1. The third-order valence-electron chi connectivity index (χ3n) is 3.63. The fraction of sp³-hybridized carbons (Fsp3) is 0.625. The van der Waals surface area contributed by atoms with Crippen molar-refractivity contribution in [2.45, 2.75) is 26.4 Å². The Kier molecular flexibility index (Phi) is 4.36. The highest BCUT2D eigenvalue weighted by Gasteiger charge is 2.28. The zero-order chi connectivity index (χ0) is 13.9. The van der Waals surface area contributed by atoms with Gasteiger partial charge in [-0.15, -0.1) is 0 Å². The van der Waals surface area contributed by atoms with Gasteiger partial charge in [0.2, 0.25) is 0 Å². The van der Waals surface area contributed by atoms with E-state index in [0.717, 1.165) is 37.6 Å². The fourth-order valence-electron chi connectivity index (χ4n) is 2.50. The van der Waals surface area contributed by atoms with Gasteiger partial charge in [0.05, 0.1) is 26.4 Å². The third kappa shape index (κ3) is 3.04. The minimum atomic E-state index is -0.311. The van der Waals surface area contributed by atoms with Gasteiger partial charge in [0.15, 0.2) is 12.6 Å². The van der Waals surface area contributed by atoms with E-state index in [1.165, 1.54) is 0 Å². The second-order valence-corrected chi connectivity index (χ2v) is 5.84. The van der Waals surface area contributed by atoms with Gasteiger partial charge in [0.1, 0.15) is 0 Å². The fourth-order valence-corrected chi connectivity index (χ4v) is 2.50. The monoisotopic (exact) mass is 278 g/mol. The van der Waals surface area contributed by atoms with Gasteiger partial charge in [0.25, 0.3) is 0 Å². The molecule has 2 aliphatic heterocycles. The molecule has 0 aromatic heterocycles. The summed E-state index contributed by atoms with van der Waals surface area (Å²) in [5, 5.41) is 0. The molecule has 0 saturated carbocycles. The maximum atomic E-state index is 5.80. The molecule has 2 heterocycles. The van der Waals surface area contributed by atoms with Crippen molar-refractivity contribution in [1.29, 1.82) is 0 Å². The van der Waals surface area contributed by atoms with Crippen LogP contribution < -0.4 is 0 Å². The van der Waals surface area contributed by atoms with E-state index in [9.17, 15) is 0 Å². The summed E-state index contributed by atoms with van der Waals surface area (Å²) < 4.78 is 23.2. The Morgan fingerprint density at radius 3 is 1.40 bits per heavy atom. The van der Waals surface area contributed by atoms with Crippen molar-refractivity contribution in [2.24, 2.45) is 11.8 Å². The standard InChI is InChI=1S/C16H22O4/c1-11-7-17-15(18-8-11)13-5-3-4-6-14(13)16-19-9-12(2)10-20-16/h3-6,11-12,15-16H,7-10H2,1-2H3. The molecule has 4 nitrogen and oxygen atoms in total. The molecule has 4 heteroatoms. The Balaban J connectivity index is 1.77. The number of rotatable bonds is 2. The average Bonchev–Trinajstić information content (AvgIpc) is 2.49. The van der Waals surface area contributed by atoms with Crippen LogP contribution in [0.5, 0.6) is 0 Å². The van der Waals surface area contributed by atoms with Crippen LogP contribution in [0.2, 0.25) is 0 Å². The number of benzene rings is 1. The van der Waals surface area contributed by atoms with Crippen molar-refractivity contribution in [3.8, 4) is 0 Å². The first kappa shape index (κ1) is 14.0. The lowest BCUT2D eigenvalue weighted by Crippen LogP contribution is -2.28. The van der Waals surface area contributed by atoms with E-state index in [0.29, 0.717) is 11.8 Å². The molecule has 0 N–H and O–H groups in total. The first-order valence-corrected chi connectivity index (χ1v) is 7.29. The maximum absolute atomic E-state index is 5.80. The van der Waals surface area contributed by atoms with Gasteiger partial charge in [0, 0.05) is 23.0 Å². The van der Waals surface area contributed by atoms with Crippen LogP contribution in [0.15, 0.2) is 24.3 Å². The van der Waals surface area contributed by atoms with Crippen molar-refractivity contribution < 1.29 is 18.9 Å². The molecule has 0 aliphatic carbocycles. The van der Waals surface area contributed by atoms with Crippen molar-refractivity contribution in [3.05, 3.63) is 35.4 Å². The molecule has 0 atom stereocenters. The molecular formula is C16H22O4. The Morgan fingerprint density at radius 2 is 1.05 bits per heavy atom. The Hall–Kier alpha value is -0.940. The van der Waals surface area contributed by atoms with E-state index in [4.69, 9.17) is 18.9 Å².